The molecule has 0 aliphatic heterocycles. The first kappa shape index (κ1) is 10.7. The van der Waals surface area contributed by atoms with Crippen LogP contribution >= 0.6 is 0 Å². The zero-order valence-electron chi connectivity index (χ0n) is 9.53. The van der Waals surface area contributed by atoms with Crippen molar-refractivity contribution in [3.63, 3.8) is 0 Å². The number of rotatable bonds is 4. The number of nitrogens with one attached hydrogen (secondary N) is 1. The van der Waals surface area contributed by atoms with Gasteiger partial charge in [-0.15, -0.1) is 0 Å². The maximum Gasteiger partial charge on any atom is 0.132 e. The number of hydrogen-bond acceptors (Lipinski definition) is 4. The number of furan rings is 1. The highest BCUT2D eigenvalue weighted by atomic mass is 16.3. The molecule has 2 aromatic heterocycles. The van der Waals surface area contributed by atoms with Crippen LogP contribution in [0.5, 0.6) is 0 Å². The van der Waals surface area contributed by atoms with Gasteiger partial charge in [0.1, 0.15) is 12.1 Å². The minimum absolute atomic E-state index is 0.896. The van der Waals surface area contributed by atoms with Crippen LogP contribution in [-0.4, -0.2) is 16.5 Å². The van der Waals surface area contributed by atoms with Crippen LogP contribution < -0.4 is 5.32 Å². The van der Waals surface area contributed by atoms with Crippen molar-refractivity contribution in [2.24, 2.45) is 0 Å². The lowest BCUT2D eigenvalue weighted by molar-refractivity contribution is 0.568. The topological polar surface area (TPSA) is 51.0 Å². The molecular weight excluding hydrogens is 202 g/mol. The quantitative estimate of drug-likeness (QED) is 0.855. The van der Waals surface area contributed by atoms with E-state index >= 15 is 0 Å². The summed E-state index contributed by atoms with van der Waals surface area (Å²) in [4.78, 5) is 8.51. The zero-order valence-corrected chi connectivity index (χ0v) is 9.53. The Bertz CT molecular complexity index is 451. The fourth-order valence-electron chi connectivity index (χ4n) is 1.56. The van der Waals surface area contributed by atoms with Crippen molar-refractivity contribution in [3.05, 3.63) is 30.5 Å². The summed E-state index contributed by atoms with van der Waals surface area (Å²) in [5, 5.41) is 3.28. The van der Waals surface area contributed by atoms with Crippen LogP contribution in [0.4, 0.5) is 5.82 Å². The van der Waals surface area contributed by atoms with Gasteiger partial charge in [-0.1, -0.05) is 6.92 Å². The average Bonchev–Trinajstić information content (AvgIpc) is 2.81. The molecule has 0 unspecified atom stereocenters. The molecule has 16 heavy (non-hydrogen) atoms. The molecule has 0 fully saturated rings. The van der Waals surface area contributed by atoms with Gasteiger partial charge in [-0.2, -0.15) is 0 Å². The summed E-state index contributed by atoms with van der Waals surface area (Å²) >= 11 is 0. The van der Waals surface area contributed by atoms with E-state index in [0.29, 0.717) is 0 Å². The first-order valence-corrected chi connectivity index (χ1v) is 5.41. The van der Waals surface area contributed by atoms with Gasteiger partial charge in [-0.3, -0.25) is 0 Å². The second-order valence-electron chi connectivity index (χ2n) is 3.63. The van der Waals surface area contributed by atoms with E-state index in [2.05, 4.69) is 22.2 Å². The van der Waals surface area contributed by atoms with Gasteiger partial charge >= 0.3 is 0 Å². The lowest BCUT2D eigenvalue weighted by Gasteiger charge is -2.09. The summed E-state index contributed by atoms with van der Waals surface area (Å²) in [6, 6.07) is 1.90. The fourth-order valence-corrected chi connectivity index (χ4v) is 1.56. The van der Waals surface area contributed by atoms with Crippen LogP contribution in [0.1, 0.15) is 18.9 Å². The highest BCUT2D eigenvalue weighted by Gasteiger charge is 2.09. The Hall–Kier alpha value is -1.84. The largest absolute Gasteiger partial charge is 0.472 e. The Kier molecular flexibility index (Phi) is 3.19. The van der Waals surface area contributed by atoms with Crippen molar-refractivity contribution in [1.29, 1.82) is 0 Å². The maximum absolute atomic E-state index is 5.06. The highest BCUT2D eigenvalue weighted by Crippen LogP contribution is 2.24. The number of anilines is 1. The Morgan fingerprint density at radius 3 is 2.94 bits per heavy atom. The molecule has 0 atom stereocenters. The summed E-state index contributed by atoms with van der Waals surface area (Å²) < 4.78 is 5.06. The Morgan fingerprint density at radius 2 is 2.25 bits per heavy atom. The predicted molar refractivity (Wildman–Crippen MR) is 63.3 cm³/mol. The first-order valence-electron chi connectivity index (χ1n) is 5.41. The van der Waals surface area contributed by atoms with Gasteiger partial charge in [0.2, 0.25) is 0 Å². The third-order valence-electron chi connectivity index (χ3n) is 2.42. The molecule has 0 amide bonds. The van der Waals surface area contributed by atoms with Crippen LogP contribution in [0.15, 0.2) is 29.3 Å². The molecule has 0 bridgehead atoms. The van der Waals surface area contributed by atoms with E-state index in [1.807, 2.05) is 13.0 Å². The molecule has 0 aliphatic rings. The van der Waals surface area contributed by atoms with E-state index in [0.717, 1.165) is 35.6 Å². The molecule has 84 valence electrons. The van der Waals surface area contributed by atoms with Gasteiger partial charge in [0.05, 0.1) is 18.2 Å². The molecule has 1 N–H and O–H groups in total. The van der Waals surface area contributed by atoms with Crippen molar-refractivity contribution >= 4 is 5.82 Å². The summed E-state index contributed by atoms with van der Waals surface area (Å²) in [6.07, 6.45) is 5.99. The lowest BCUT2D eigenvalue weighted by Crippen LogP contribution is -2.05. The number of aromatic nitrogens is 2. The van der Waals surface area contributed by atoms with Gasteiger partial charge in [0.25, 0.3) is 0 Å². The molecule has 0 saturated carbocycles. The molecule has 2 aromatic rings. The lowest BCUT2D eigenvalue weighted by atomic mass is 10.1. The SMILES string of the molecule is CCCNc1ncnc(-c2ccoc2)c1C. The summed E-state index contributed by atoms with van der Waals surface area (Å²) in [6.45, 7) is 5.06. The number of hydrogen-bond donors (Lipinski definition) is 1. The molecule has 0 aromatic carbocycles. The first-order chi connectivity index (χ1) is 7.83. The summed E-state index contributed by atoms with van der Waals surface area (Å²) in [5.74, 6) is 0.896. The maximum atomic E-state index is 5.06. The van der Waals surface area contributed by atoms with E-state index in [-0.39, 0.29) is 0 Å². The van der Waals surface area contributed by atoms with Crippen LogP contribution in [0.3, 0.4) is 0 Å². The molecular formula is C12H15N3O. The van der Waals surface area contributed by atoms with E-state index in [9.17, 15) is 0 Å². The molecule has 2 rings (SSSR count). The molecule has 0 saturated heterocycles. The van der Waals surface area contributed by atoms with E-state index in [4.69, 9.17) is 4.42 Å². The molecule has 2 heterocycles. The second kappa shape index (κ2) is 4.79. The van der Waals surface area contributed by atoms with Crippen molar-refractivity contribution in [2.75, 3.05) is 11.9 Å². The van der Waals surface area contributed by atoms with Crippen molar-refractivity contribution < 1.29 is 4.42 Å². The summed E-state index contributed by atoms with van der Waals surface area (Å²) in [5.41, 5.74) is 2.96. The van der Waals surface area contributed by atoms with Gasteiger partial charge in [0.15, 0.2) is 0 Å². The molecule has 0 aliphatic carbocycles. The molecule has 0 spiro atoms. The van der Waals surface area contributed by atoms with Gasteiger partial charge in [-0.05, 0) is 19.4 Å². The van der Waals surface area contributed by atoms with Gasteiger partial charge in [0, 0.05) is 17.7 Å². The van der Waals surface area contributed by atoms with Crippen LogP contribution in [0, 0.1) is 6.92 Å². The highest BCUT2D eigenvalue weighted by molar-refractivity contribution is 5.66. The Labute approximate surface area is 94.7 Å². The molecule has 0 radical (unpaired) electrons. The van der Waals surface area contributed by atoms with Crippen LogP contribution in [0.25, 0.3) is 11.3 Å². The van der Waals surface area contributed by atoms with E-state index in [1.165, 1.54) is 0 Å². The average molecular weight is 217 g/mol. The van der Waals surface area contributed by atoms with Crippen molar-refractivity contribution in [2.45, 2.75) is 20.3 Å². The van der Waals surface area contributed by atoms with Gasteiger partial charge < -0.3 is 9.73 Å². The third kappa shape index (κ3) is 2.05. The van der Waals surface area contributed by atoms with E-state index < -0.39 is 0 Å². The Balaban J connectivity index is 2.33. The predicted octanol–water partition coefficient (Wildman–Crippen LogP) is 2.87. The zero-order chi connectivity index (χ0) is 11.4. The van der Waals surface area contributed by atoms with Crippen LogP contribution in [-0.2, 0) is 0 Å². The van der Waals surface area contributed by atoms with E-state index in [1.54, 1.807) is 18.9 Å². The van der Waals surface area contributed by atoms with Crippen molar-refractivity contribution in [3.8, 4) is 11.3 Å². The second-order valence-corrected chi connectivity index (χ2v) is 3.63. The monoisotopic (exact) mass is 217 g/mol. The molecule has 4 heteroatoms. The minimum atomic E-state index is 0.896. The smallest absolute Gasteiger partial charge is 0.132 e. The Morgan fingerprint density at radius 1 is 1.38 bits per heavy atom. The van der Waals surface area contributed by atoms with Crippen molar-refractivity contribution in [1.82, 2.24) is 9.97 Å². The van der Waals surface area contributed by atoms with Gasteiger partial charge in [-0.25, -0.2) is 9.97 Å². The normalized spacial score (nSPS) is 10.4. The number of nitrogens with zero attached hydrogens (tertiary/aromatic N) is 2. The minimum Gasteiger partial charge on any atom is -0.472 e. The fraction of sp³-hybridized carbons (Fsp3) is 0.333. The summed E-state index contributed by atoms with van der Waals surface area (Å²) in [7, 11) is 0. The molecule has 4 nitrogen and oxygen atoms in total. The third-order valence-corrected chi connectivity index (χ3v) is 2.42. The van der Waals surface area contributed by atoms with Crippen LogP contribution in [0.2, 0.25) is 0 Å². The standard InChI is InChI=1S/C12H15N3O/c1-3-5-13-12-9(2)11(14-8-15-12)10-4-6-16-7-10/h4,6-8H,3,5H2,1-2H3,(H,13,14,15).